The molecule has 2 heterocycles. The Balaban J connectivity index is 1.73. The lowest BCUT2D eigenvalue weighted by molar-refractivity contribution is 0.0565. The normalized spacial score (nSPS) is 17.5. The molecule has 1 fully saturated rings. The highest BCUT2D eigenvalue weighted by Gasteiger charge is 2.28. The third-order valence-corrected chi connectivity index (χ3v) is 4.67. The van der Waals surface area contributed by atoms with Crippen LogP contribution in [0.2, 0.25) is 0 Å². The monoisotopic (exact) mass is 341 g/mol. The van der Waals surface area contributed by atoms with Gasteiger partial charge in [-0.25, -0.2) is 0 Å². The van der Waals surface area contributed by atoms with Gasteiger partial charge in [-0.2, -0.15) is 0 Å². The summed E-state index contributed by atoms with van der Waals surface area (Å²) in [5.41, 5.74) is 0.848. The fraction of sp³-hybridized carbons (Fsp3) is 0.400. The Labute approximate surface area is 146 Å². The number of hydrogen-bond acceptors (Lipinski definition) is 4. The fourth-order valence-electron chi connectivity index (χ4n) is 3.46. The standard InChI is InChI=1S/C20H23NO4/c1-14-11-18(23)13-19(25-14)20(24)21-10-3-2-6-16(21)9-8-15-5-4-7-17(22)12-15/h4-5,7,11-13,16,22H,2-3,6,8-10H2,1H3/t16-/m0/s1. The van der Waals surface area contributed by atoms with Crippen LogP contribution in [-0.2, 0) is 6.42 Å². The minimum absolute atomic E-state index is 0.120. The Hall–Kier alpha value is -2.56. The minimum atomic E-state index is -0.208. The van der Waals surface area contributed by atoms with Crippen molar-refractivity contribution >= 4 is 5.91 Å². The molecule has 0 bridgehead atoms. The molecule has 3 rings (SSSR count). The summed E-state index contributed by atoms with van der Waals surface area (Å²) in [6, 6.07) is 10.00. The van der Waals surface area contributed by atoms with E-state index in [1.807, 2.05) is 17.0 Å². The Bertz CT molecular complexity index is 811. The van der Waals surface area contributed by atoms with Crippen molar-refractivity contribution in [1.82, 2.24) is 4.90 Å². The molecular weight excluding hydrogens is 318 g/mol. The van der Waals surface area contributed by atoms with Crippen molar-refractivity contribution in [2.24, 2.45) is 0 Å². The van der Waals surface area contributed by atoms with E-state index < -0.39 is 0 Å². The molecule has 0 spiro atoms. The summed E-state index contributed by atoms with van der Waals surface area (Å²) >= 11 is 0. The van der Waals surface area contributed by atoms with Gasteiger partial charge >= 0.3 is 0 Å². The molecule has 1 aliphatic rings. The zero-order valence-electron chi connectivity index (χ0n) is 14.4. The third kappa shape index (κ3) is 4.29. The Morgan fingerprint density at radius 3 is 2.88 bits per heavy atom. The summed E-state index contributed by atoms with van der Waals surface area (Å²) in [5, 5.41) is 9.58. The molecule has 1 atom stereocenters. The maximum atomic E-state index is 12.8. The van der Waals surface area contributed by atoms with Crippen molar-refractivity contribution in [3.63, 3.8) is 0 Å². The van der Waals surface area contributed by atoms with E-state index in [-0.39, 0.29) is 28.9 Å². The van der Waals surface area contributed by atoms with Crippen LogP contribution in [0.5, 0.6) is 5.75 Å². The number of nitrogens with zero attached hydrogens (tertiary/aromatic N) is 1. The molecule has 1 aromatic carbocycles. The number of piperidine rings is 1. The second-order valence-electron chi connectivity index (χ2n) is 6.62. The zero-order valence-corrected chi connectivity index (χ0v) is 14.4. The number of aryl methyl sites for hydroxylation is 2. The number of phenolic OH excluding ortho intramolecular Hbond substituents is 1. The lowest BCUT2D eigenvalue weighted by Crippen LogP contribution is -2.44. The highest BCUT2D eigenvalue weighted by atomic mass is 16.3. The van der Waals surface area contributed by atoms with Crippen LogP contribution in [-0.4, -0.2) is 28.5 Å². The average Bonchev–Trinajstić information content (AvgIpc) is 2.59. The molecule has 0 radical (unpaired) electrons. The highest BCUT2D eigenvalue weighted by molar-refractivity contribution is 5.91. The number of likely N-dealkylation sites (tertiary alicyclic amines) is 1. The van der Waals surface area contributed by atoms with E-state index in [2.05, 4.69) is 0 Å². The number of phenols is 1. The zero-order chi connectivity index (χ0) is 17.8. The molecule has 1 amide bonds. The van der Waals surface area contributed by atoms with Crippen LogP contribution in [0.25, 0.3) is 0 Å². The number of amides is 1. The Morgan fingerprint density at radius 1 is 1.28 bits per heavy atom. The van der Waals surface area contributed by atoms with Gasteiger partial charge in [-0.1, -0.05) is 12.1 Å². The molecule has 0 unspecified atom stereocenters. The van der Waals surface area contributed by atoms with Crippen molar-refractivity contribution in [2.75, 3.05) is 6.54 Å². The molecule has 1 saturated heterocycles. The van der Waals surface area contributed by atoms with Crippen LogP contribution >= 0.6 is 0 Å². The maximum absolute atomic E-state index is 12.8. The van der Waals surface area contributed by atoms with Crippen LogP contribution in [0.3, 0.4) is 0 Å². The number of rotatable bonds is 4. The molecule has 1 aliphatic heterocycles. The minimum Gasteiger partial charge on any atom is -0.508 e. The molecular formula is C20H23NO4. The van der Waals surface area contributed by atoms with Gasteiger partial charge in [0.25, 0.3) is 5.91 Å². The second-order valence-corrected chi connectivity index (χ2v) is 6.62. The van der Waals surface area contributed by atoms with Crippen molar-refractivity contribution in [1.29, 1.82) is 0 Å². The van der Waals surface area contributed by atoms with Crippen LogP contribution in [0.15, 0.2) is 45.6 Å². The van der Waals surface area contributed by atoms with Gasteiger partial charge in [0.1, 0.15) is 11.5 Å². The lowest BCUT2D eigenvalue weighted by Gasteiger charge is -2.35. The first kappa shape index (κ1) is 17.3. The quantitative estimate of drug-likeness (QED) is 0.926. The van der Waals surface area contributed by atoms with Crippen LogP contribution in [0.4, 0.5) is 0 Å². The largest absolute Gasteiger partial charge is 0.508 e. The van der Waals surface area contributed by atoms with E-state index in [0.29, 0.717) is 12.3 Å². The van der Waals surface area contributed by atoms with Gasteiger partial charge in [0.05, 0.1) is 0 Å². The number of aromatic hydroxyl groups is 1. The van der Waals surface area contributed by atoms with Crippen molar-refractivity contribution in [3.05, 3.63) is 63.7 Å². The molecule has 132 valence electrons. The summed E-state index contributed by atoms with van der Waals surface area (Å²) in [5.74, 6) is 0.621. The van der Waals surface area contributed by atoms with Crippen molar-refractivity contribution in [2.45, 2.75) is 45.1 Å². The van der Waals surface area contributed by atoms with Gasteiger partial charge in [-0.05, 0) is 56.7 Å². The summed E-state index contributed by atoms with van der Waals surface area (Å²) in [7, 11) is 0. The summed E-state index contributed by atoms with van der Waals surface area (Å²) < 4.78 is 5.48. The Kier molecular flexibility index (Phi) is 5.22. The average molecular weight is 341 g/mol. The van der Waals surface area contributed by atoms with Crippen molar-refractivity contribution in [3.8, 4) is 5.75 Å². The van der Waals surface area contributed by atoms with Gasteiger partial charge in [0, 0.05) is 24.7 Å². The van der Waals surface area contributed by atoms with E-state index in [1.165, 1.54) is 12.1 Å². The van der Waals surface area contributed by atoms with Gasteiger partial charge in [0.2, 0.25) is 0 Å². The predicted octanol–water partition coefficient (Wildman–Crippen LogP) is 3.28. The smallest absolute Gasteiger partial charge is 0.289 e. The first-order valence-electron chi connectivity index (χ1n) is 8.73. The SMILES string of the molecule is Cc1cc(=O)cc(C(=O)N2CCCC[C@H]2CCc2cccc(O)c2)o1. The number of carbonyl (C=O) groups excluding carboxylic acids is 1. The summed E-state index contributed by atoms with van der Waals surface area (Å²) in [6.07, 6.45) is 4.61. The predicted molar refractivity (Wildman–Crippen MR) is 94.8 cm³/mol. The first-order chi connectivity index (χ1) is 12.0. The lowest BCUT2D eigenvalue weighted by atomic mass is 9.95. The molecule has 2 aromatic rings. The summed E-state index contributed by atoms with van der Waals surface area (Å²) in [6.45, 7) is 2.36. The van der Waals surface area contributed by atoms with Crippen molar-refractivity contribution < 1.29 is 14.3 Å². The Morgan fingerprint density at radius 2 is 2.12 bits per heavy atom. The topological polar surface area (TPSA) is 70.8 Å². The van der Waals surface area contributed by atoms with E-state index >= 15 is 0 Å². The third-order valence-electron chi connectivity index (χ3n) is 4.67. The first-order valence-corrected chi connectivity index (χ1v) is 8.73. The highest BCUT2D eigenvalue weighted by Crippen LogP contribution is 2.24. The number of hydrogen-bond donors (Lipinski definition) is 1. The van der Waals surface area contributed by atoms with Gasteiger partial charge in [0.15, 0.2) is 11.2 Å². The maximum Gasteiger partial charge on any atom is 0.289 e. The van der Waals surface area contributed by atoms with Gasteiger partial charge in [-0.15, -0.1) is 0 Å². The fourth-order valence-corrected chi connectivity index (χ4v) is 3.46. The molecule has 1 N–H and O–H groups in total. The van der Waals surface area contributed by atoms with Crippen LogP contribution in [0.1, 0.15) is 47.6 Å². The molecule has 1 aromatic heterocycles. The summed E-state index contributed by atoms with van der Waals surface area (Å²) in [4.78, 5) is 26.3. The molecule has 5 nitrogen and oxygen atoms in total. The van der Waals surface area contributed by atoms with E-state index in [0.717, 1.165) is 37.7 Å². The van der Waals surface area contributed by atoms with Crippen LogP contribution < -0.4 is 5.43 Å². The van der Waals surface area contributed by atoms with Crippen LogP contribution in [0, 0.1) is 6.92 Å². The van der Waals surface area contributed by atoms with E-state index in [1.54, 1.807) is 19.1 Å². The van der Waals surface area contributed by atoms with E-state index in [9.17, 15) is 14.7 Å². The second kappa shape index (κ2) is 7.55. The molecule has 0 aliphatic carbocycles. The number of carbonyl (C=O) groups is 1. The van der Waals surface area contributed by atoms with E-state index in [4.69, 9.17) is 4.42 Å². The molecule has 25 heavy (non-hydrogen) atoms. The van der Waals surface area contributed by atoms with Gasteiger partial charge < -0.3 is 14.4 Å². The molecule has 0 saturated carbocycles. The van der Waals surface area contributed by atoms with Gasteiger partial charge in [-0.3, -0.25) is 9.59 Å². The number of benzene rings is 1. The molecule has 5 heteroatoms.